The molecule has 11 heteroatoms. The van der Waals surface area contributed by atoms with Gasteiger partial charge in [-0.3, -0.25) is 15.2 Å². The minimum absolute atomic E-state index is 0.0293. The molecule has 0 fully saturated rings. The SMILES string of the molecule is N=C1C(N)N(c2cc(Cl)ccc2Cl)c2nonc2N1c1cc(Cl)ccc1Cl. The highest BCUT2D eigenvalue weighted by molar-refractivity contribution is 6.37. The van der Waals surface area contributed by atoms with Crippen LogP contribution in [-0.2, 0) is 0 Å². The lowest BCUT2D eigenvalue weighted by molar-refractivity contribution is 0.309. The zero-order valence-electron chi connectivity index (χ0n) is 13.3. The van der Waals surface area contributed by atoms with Crippen molar-refractivity contribution in [3.63, 3.8) is 0 Å². The highest BCUT2D eigenvalue weighted by atomic mass is 35.5. The minimum atomic E-state index is -0.963. The molecule has 0 radical (unpaired) electrons. The van der Waals surface area contributed by atoms with Crippen molar-refractivity contribution in [1.29, 1.82) is 5.41 Å². The van der Waals surface area contributed by atoms with Gasteiger partial charge in [0.2, 0.25) is 11.6 Å². The molecule has 1 aromatic heterocycles. The Hall–Kier alpha value is -2.03. The molecule has 1 aliphatic heterocycles. The predicted molar refractivity (Wildman–Crippen MR) is 107 cm³/mol. The van der Waals surface area contributed by atoms with Crippen LogP contribution in [0.4, 0.5) is 23.0 Å². The number of nitrogens with zero attached hydrogens (tertiary/aromatic N) is 4. The van der Waals surface area contributed by atoms with E-state index in [1.54, 1.807) is 36.4 Å². The van der Waals surface area contributed by atoms with E-state index in [9.17, 15) is 0 Å². The van der Waals surface area contributed by atoms with E-state index < -0.39 is 6.17 Å². The van der Waals surface area contributed by atoms with Crippen LogP contribution in [-0.4, -0.2) is 22.3 Å². The molecule has 1 aliphatic rings. The number of fused-ring (bicyclic) bond motifs is 1. The summed E-state index contributed by atoms with van der Waals surface area (Å²) in [6, 6.07) is 9.76. The Morgan fingerprint density at radius 3 is 2.11 bits per heavy atom. The maximum absolute atomic E-state index is 8.60. The van der Waals surface area contributed by atoms with E-state index in [1.165, 1.54) is 9.80 Å². The van der Waals surface area contributed by atoms with Gasteiger partial charge in [0.05, 0.1) is 21.4 Å². The molecule has 0 amide bonds. The summed E-state index contributed by atoms with van der Waals surface area (Å²) in [5.41, 5.74) is 7.23. The van der Waals surface area contributed by atoms with Crippen LogP contribution in [0.5, 0.6) is 0 Å². The van der Waals surface area contributed by atoms with E-state index in [0.29, 0.717) is 31.5 Å². The Labute approximate surface area is 173 Å². The average Bonchev–Trinajstić information content (AvgIpc) is 3.10. The molecule has 138 valence electrons. The van der Waals surface area contributed by atoms with Crippen LogP contribution in [0, 0.1) is 5.41 Å². The Morgan fingerprint density at radius 1 is 0.889 bits per heavy atom. The van der Waals surface area contributed by atoms with Gasteiger partial charge in [-0.1, -0.05) is 46.4 Å². The molecule has 0 saturated carbocycles. The lowest BCUT2D eigenvalue weighted by Gasteiger charge is -2.39. The Bertz CT molecular complexity index is 1060. The Balaban J connectivity index is 1.91. The van der Waals surface area contributed by atoms with Crippen LogP contribution in [0.2, 0.25) is 20.1 Å². The summed E-state index contributed by atoms with van der Waals surface area (Å²) in [4.78, 5) is 2.96. The lowest BCUT2D eigenvalue weighted by atomic mass is 10.1. The normalized spacial score (nSPS) is 16.6. The number of anilines is 4. The fraction of sp³-hybridized carbons (Fsp3) is 0.0625. The van der Waals surface area contributed by atoms with Crippen molar-refractivity contribution in [2.75, 3.05) is 9.80 Å². The first-order valence-corrected chi connectivity index (χ1v) is 9.05. The fourth-order valence-electron chi connectivity index (χ4n) is 2.81. The first-order valence-electron chi connectivity index (χ1n) is 7.54. The van der Waals surface area contributed by atoms with Crippen molar-refractivity contribution in [3.8, 4) is 0 Å². The minimum Gasteiger partial charge on any atom is -0.305 e. The zero-order valence-corrected chi connectivity index (χ0v) is 16.4. The average molecular weight is 444 g/mol. The molecule has 7 nitrogen and oxygen atoms in total. The van der Waals surface area contributed by atoms with Gasteiger partial charge < -0.3 is 5.73 Å². The number of halogens is 4. The first-order chi connectivity index (χ1) is 12.9. The van der Waals surface area contributed by atoms with Crippen LogP contribution in [0.1, 0.15) is 0 Å². The number of rotatable bonds is 2. The highest BCUT2D eigenvalue weighted by Gasteiger charge is 2.41. The van der Waals surface area contributed by atoms with Gasteiger partial charge in [-0.15, -0.1) is 0 Å². The molecular weight excluding hydrogens is 434 g/mol. The van der Waals surface area contributed by atoms with E-state index in [2.05, 4.69) is 10.3 Å². The van der Waals surface area contributed by atoms with Gasteiger partial charge in [0.25, 0.3) is 0 Å². The molecule has 1 unspecified atom stereocenters. The second-order valence-corrected chi connectivity index (χ2v) is 7.33. The Morgan fingerprint density at radius 2 is 1.44 bits per heavy atom. The summed E-state index contributed by atoms with van der Waals surface area (Å²) >= 11 is 24.8. The van der Waals surface area contributed by atoms with Gasteiger partial charge in [-0.25, -0.2) is 4.63 Å². The van der Waals surface area contributed by atoms with E-state index >= 15 is 0 Å². The molecule has 2 heterocycles. The van der Waals surface area contributed by atoms with Crippen molar-refractivity contribution < 1.29 is 4.63 Å². The van der Waals surface area contributed by atoms with Crippen LogP contribution >= 0.6 is 46.4 Å². The Kier molecular flexibility index (Phi) is 4.65. The van der Waals surface area contributed by atoms with Gasteiger partial charge in [0.1, 0.15) is 12.0 Å². The molecule has 0 saturated heterocycles. The molecule has 0 aliphatic carbocycles. The predicted octanol–water partition coefficient (Wildman–Crippen LogP) is 5.24. The summed E-state index contributed by atoms with van der Waals surface area (Å²) in [7, 11) is 0. The maximum Gasteiger partial charge on any atom is 0.228 e. The summed E-state index contributed by atoms with van der Waals surface area (Å²) in [6.45, 7) is 0. The number of hydrogen-bond donors (Lipinski definition) is 2. The summed E-state index contributed by atoms with van der Waals surface area (Å²) in [6.07, 6.45) is -0.963. The summed E-state index contributed by atoms with van der Waals surface area (Å²) in [5.74, 6) is 0.457. The second-order valence-electron chi connectivity index (χ2n) is 5.64. The molecule has 4 rings (SSSR count). The van der Waals surface area contributed by atoms with E-state index in [1.807, 2.05) is 0 Å². The molecular formula is C16H10Cl4N6O. The van der Waals surface area contributed by atoms with E-state index in [-0.39, 0.29) is 17.5 Å². The summed E-state index contributed by atoms with van der Waals surface area (Å²) in [5, 5.41) is 18.1. The van der Waals surface area contributed by atoms with Gasteiger partial charge in [0, 0.05) is 10.0 Å². The standard InChI is InChI=1S/C16H10Cl4N6O/c17-7-1-3-9(19)11(5-7)25-13(21)14(22)26(16-15(25)23-27-24-16)12-6-8(18)2-4-10(12)20/h1-6,13,22H,21H2. The number of nitrogens with two attached hydrogens (primary N) is 1. The topological polar surface area (TPSA) is 95.3 Å². The smallest absolute Gasteiger partial charge is 0.228 e. The third-order valence-corrected chi connectivity index (χ3v) is 5.12. The largest absolute Gasteiger partial charge is 0.305 e. The van der Waals surface area contributed by atoms with Crippen molar-refractivity contribution in [1.82, 2.24) is 10.3 Å². The maximum atomic E-state index is 8.60. The molecule has 0 bridgehead atoms. The van der Waals surface area contributed by atoms with Crippen molar-refractivity contribution in [2.45, 2.75) is 6.17 Å². The van der Waals surface area contributed by atoms with Gasteiger partial charge in [-0.2, -0.15) is 0 Å². The molecule has 27 heavy (non-hydrogen) atoms. The first kappa shape index (κ1) is 18.3. The quantitative estimate of drug-likeness (QED) is 0.562. The fourth-order valence-corrected chi connectivity index (χ4v) is 3.55. The number of amidine groups is 1. The molecule has 2 aromatic carbocycles. The number of aromatic nitrogens is 2. The molecule has 0 spiro atoms. The molecule has 3 N–H and O–H groups in total. The number of benzene rings is 2. The van der Waals surface area contributed by atoms with Crippen LogP contribution in [0.3, 0.4) is 0 Å². The molecule has 1 atom stereocenters. The summed E-state index contributed by atoms with van der Waals surface area (Å²) < 4.78 is 4.92. The highest BCUT2D eigenvalue weighted by Crippen LogP contribution is 2.45. The lowest BCUT2D eigenvalue weighted by Crippen LogP contribution is -2.54. The number of nitrogens with one attached hydrogen (secondary N) is 1. The van der Waals surface area contributed by atoms with Gasteiger partial charge >= 0.3 is 0 Å². The molecule has 3 aromatic rings. The van der Waals surface area contributed by atoms with E-state index in [0.717, 1.165) is 0 Å². The van der Waals surface area contributed by atoms with Crippen molar-refractivity contribution in [3.05, 3.63) is 56.5 Å². The van der Waals surface area contributed by atoms with E-state index in [4.69, 9.17) is 62.2 Å². The van der Waals surface area contributed by atoms with Crippen LogP contribution in [0.25, 0.3) is 0 Å². The number of hydrogen-bond acceptors (Lipinski definition) is 6. The third-order valence-electron chi connectivity index (χ3n) is 4.01. The monoisotopic (exact) mass is 442 g/mol. The third kappa shape index (κ3) is 3.01. The zero-order chi connectivity index (χ0) is 19.3. The van der Waals surface area contributed by atoms with Crippen molar-refractivity contribution in [2.24, 2.45) is 5.73 Å². The second kappa shape index (κ2) is 6.85. The van der Waals surface area contributed by atoms with Gasteiger partial charge in [-0.05, 0) is 46.7 Å². The van der Waals surface area contributed by atoms with Gasteiger partial charge in [0.15, 0.2) is 0 Å². The van der Waals surface area contributed by atoms with Crippen LogP contribution in [0.15, 0.2) is 41.0 Å². The van der Waals surface area contributed by atoms with Crippen LogP contribution < -0.4 is 15.5 Å². The van der Waals surface area contributed by atoms with Crippen molar-refractivity contribution >= 4 is 75.2 Å².